The number of hydrogen-bond acceptors (Lipinski definition) is 5. The molecule has 172 valence electrons. The van der Waals surface area contributed by atoms with E-state index in [2.05, 4.69) is 0 Å². The highest BCUT2D eigenvalue weighted by molar-refractivity contribution is 7.92. The van der Waals surface area contributed by atoms with Gasteiger partial charge in [0.2, 0.25) is 0 Å². The van der Waals surface area contributed by atoms with Gasteiger partial charge in [-0.15, -0.1) is 0 Å². The third-order valence-corrected chi connectivity index (χ3v) is 6.86. The Kier molecular flexibility index (Phi) is 6.78. The van der Waals surface area contributed by atoms with Gasteiger partial charge >= 0.3 is 6.09 Å². The maximum atomic E-state index is 13.1. The van der Waals surface area contributed by atoms with Crippen molar-refractivity contribution in [1.82, 2.24) is 9.80 Å². The summed E-state index contributed by atoms with van der Waals surface area (Å²) in [5, 5.41) is 0. The number of ether oxygens (including phenoxy) is 1. The summed E-state index contributed by atoms with van der Waals surface area (Å²) < 4.78 is 32.7. The summed E-state index contributed by atoms with van der Waals surface area (Å²) in [6, 6.07) is 14.8. The van der Waals surface area contributed by atoms with Crippen LogP contribution in [0.4, 0.5) is 10.5 Å². The van der Waals surface area contributed by atoms with Crippen LogP contribution in [0.1, 0.15) is 31.1 Å². The molecule has 0 unspecified atom stereocenters. The van der Waals surface area contributed by atoms with E-state index in [0.29, 0.717) is 37.4 Å². The van der Waals surface area contributed by atoms with Gasteiger partial charge in [-0.2, -0.15) is 0 Å². The standard InChI is InChI=1S/C23H29N3O5S/c1-23(2,3)31-22(28)26-15-13-25(14-16-26)21(27)18-9-8-12-20(17-18)32(29,30)24(4)19-10-6-5-7-11-19/h5-12,17H,13-16H2,1-4H3. The number of sulfonamides is 1. The Morgan fingerprint density at radius 3 is 2.09 bits per heavy atom. The van der Waals surface area contributed by atoms with Gasteiger partial charge in [0.05, 0.1) is 10.6 Å². The van der Waals surface area contributed by atoms with Gasteiger partial charge in [-0.1, -0.05) is 24.3 Å². The first-order valence-electron chi connectivity index (χ1n) is 10.4. The van der Waals surface area contributed by atoms with Gasteiger partial charge in [0, 0.05) is 38.8 Å². The summed E-state index contributed by atoms with van der Waals surface area (Å²) in [6.07, 6.45) is -0.401. The third-order valence-electron chi connectivity index (χ3n) is 5.08. The monoisotopic (exact) mass is 459 g/mol. The van der Waals surface area contributed by atoms with Gasteiger partial charge in [-0.05, 0) is 51.1 Å². The third kappa shape index (κ3) is 5.40. The minimum atomic E-state index is -3.82. The Hall–Kier alpha value is -3.07. The van der Waals surface area contributed by atoms with Crippen molar-refractivity contribution in [3.8, 4) is 0 Å². The molecule has 2 aromatic rings. The SMILES string of the molecule is CN(c1ccccc1)S(=O)(=O)c1cccc(C(=O)N2CCN(C(=O)OC(C)(C)C)CC2)c1. The molecule has 0 aromatic heterocycles. The van der Waals surface area contributed by atoms with Crippen LogP contribution in [0.15, 0.2) is 59.5 Å². The molecule has 0 bridgehead atoms. The lowest BCUT2D eigenvalue weighted by Crippen LogP contribution is -2.51. The van der Waals surface area contributed by atoms with Crippen molar-refractivity contribution >= 4 is 27.7 Å². The van der Waals surface area contributed by atoms with E-state index in [1.165, 1.54) is 23.5 Å². The van der Waals surface area contributed by atoms with Crippen molar-refractivity contribution in [2.24, 2.45) is 0 Å². The fraction of sp³-hybridized carbons (Fsp3) is 0.391. The van der Waals surface area contributed by atoms with E-state index in [1.807, 2.05) is 6.07 Å². The van der Waals surface area contributed by atoms with Gasteiger partial charge in [-0.3, -0.25) is 9.10 Å². The Morgan fingerprint density at radius 1 is 0.906 bits per heavy atom. The van der Waals surface area contributed by atoms with Crippen LogP contribution < -0.4 is 4.31 Å². The molecule has 32 heavy (non-hydrogen) atoms. The van der Waals surface area contributed by atoms with Crippen LogP contribution in [0.2, 0.25) is 0 Å². The highest BCUT2D eigenvalue weighted by Crippen LogP contribution is 2.23. The van der Waals surface area contributed by atoms with Gasteiger partial charge < -0.3 is 14.5 Å². The first kappa shape index (κ1) is 23.6. The molecule has 9 heteroatoms. The number of carbonyl (C=O) groups is 2. The van der Waals surface area contributed by atoms with E-state index < -0.39 is 21.7 Å². The van der Waals surface area contributed by atoms with Crippen molar-refractivity contribution in [3.05, 3.63) is 60.2 Å². The maximum Gasteiger partial charge on any atom is 0.410 e. The van der Waals surface area contributed by atoms with E-state index in [4.69, 9.17) is 4.74 Å². The molecule has 0 radical (unpaired) electrons. The van der Waals surface area contributed by atoms with Crippen molar-refractivity contribution < 1.29 is 22.7 Å². The first-order valence-corrected chi connectivity index (χ1v) is 11.8. The van der Waals surface area contributed by atoms with E-state index >= 15 is 0 Å². The Balaban J connectivity index is 1.70. The van der Waals surface area contributed by atoms with Crippen LogP contribution in [0.3, 0.4) is 0 Å². The summed E-state index contributed by atoms with van der Waals surface area (Å²) in [4.78, 5) is 28.5. The predicted molar refractivity (Wildman–Crippen MR) is 122 cm³/mol. The summed E-state index contributed by atoms with van der Waals surface area (Å²) >= 11 is 0. The van der Waals surface area contributed by atoms with Gasteiger partial charge in [-0.25, -0.2) is 13.2 Å². The lowest BCUT2D eigenvalue weighted by molar-refractivity contribution is 0.0141. The van der Waals surface area contributed by atoms with Gasteiger partial charge in [0.25, 0.3) is 15.9 Å². The molecule has 1 aliphatic heterocycles. The molecule has 2 aromatic carbocycles. The molecular weight excluding hydrogens is 430 g/mol. The zero-order valence-electron chi connectivity index (χ0n) is 18.8. The second-order valence-corrected chi connectivity index (χ2v) is 10.6. The smallest absolute Gasteiger partial charge is 0.410 e. The number of anilines is 1. The zero-order chi connectivity index (χ0) is 23.5. The molecule has 0 spiro atoms. The van der Waals surface area contributed by atoms with Crippen LogP contribution >= 0.6 is 0 Å². The minimum Gasteiger partial charge on any atom is -0.444 e. The number of carbonyl (C=O) groups excluding carboxylic acids is 2. The predicted octanol–water partition coefficient (Wildman–Crippen LogP) is 3.20. The van der Waals surface area contributed by atoms with Crippen molar-refractivity contribution in [2.75, 3.05) is 37.5 Å². The summed E-state index contributed by atoms with van der Waals surface area (Å²) in [5.74, 6) is -0.270. The number of hydrogen-bond donors (Lipinski definition) is 0. The normalized spacial score (nSPS) is 14.8. The molecule has 0 atom stereocenters. The molecule has 0 aliphatic carbocycles. The number of nitrogens with zero attached hydrogens (tertiary/aromatic N) is 3. The Bertz CT molecular complexity index is 1070. The van der Waals surface area contributed by atoms with Gasteiger partial charge in [0.1, 0.15) is 5.60 Å². The highest BCUT2D eigenvalue weighted by atomic mass is 32.2. The van der Waals surface area contributed by atoms with Crippen molar-refractivity contribution in [1.29, 1.82) is 0 Å². The minimum absolute atomic E-state index is 0.0436. The van der Waals surface area contributed by atoms with Crippen LogP contribution in [0.25, 0.3) is 0 Å². The van der Waals surface area contributed by atoms with Crippen LogP contribution in [-0.4, -0.2) is 69.0 Å². The summed E-state index contributed by atoms with van der Waals surface area (Å²) in [5.41, 5.74) is 0.240. The van der Waals surface area contributed by atoms with Crippen molar-refractivity contribution in [3.63, 3.8) is 0 Å². The molecular formula is C23H29N3O5S. The number of rotatable bonds is 4. The van der Waals surface area contributed by atoms with E-state index in [9.17, 15) is 18.0 Å². The fourth-order valence-corrected chi connectivity index (χ4v) is 4.57. The number of amides is 2. The number of piperazine rings is 1. The topological polar surface area (TPSA) is 87.2 Å². The maximum absolute atomic E-state index is 13.1. The highest BCUT2D eigenvalue weighted by Gasteiger charge is 2.29. The van der Waals surface area contributed by atoms with E-state index in [0.717, 1.165) is 0 Å². The Labute approximate surface area is 189 Å². The van der Waals surface area contributed by atoms with Crippen LogP contribution in [0.5, 0.6) is 0 Å². The lowest BCUT2D eigenvalue weighted by Gasteiger charge is -2.35. The zero-order valence-corrected chi connectivity index (χ0v) is 19.6. The first-order chi connectivity index (χ1) is 15.0. The summed E-state index contributed by atoms with van der Waals surface area (Å²) in [6.45, 7) is 6.82. The number of para-hydroxylation sites is 1. The van der Waals surface area contributed by atoms with E-state index in [1.54, 1.807) is 67.0 Å². The van der Waals surface area contributed by atoms with E-state index in [-0.39, 0.29) is 10.8 Å². The number of benzene rings is 2. The largest absolute Gasteiger partial charge is 0.444 e. The Morgan fingerprint density at radius 2 is 1.50 bits per heavy atom. The molecule has 1 saturated heterocycles. The molecule has 3 rings (SSSR count). The van der Waals surface area contributed by atoms with Gasteiger partial charge in [0.15, 0.2) is 0 Å². The molecule has 1 fully saturated rings. The molecule has 8 nitrogen and oxygen atoms in total. The molecule has 0 N–H and O–H groups in total. The average molecular weight is 460 g/mol. The van der Waals surface area contributed by atoms with Crippen molar-refractivity contribution in [2.45, 2.75) is 31.3 Å². The quantitative estimate of drug-likeness (QED) is 0.701. The molecule has 1 heterocycles. The van der Waals surface area contributed by atoms with Crippen LogP contribution in [0, 0.1) is 0 Å². The van der Waals surface area contributed by atoms with Crippen LogP contribution in [-0.2, 0) is 14.8 Å². The lowest BCUT2D eigenvalue weighted by atomic mass is 10.2. The second kappa shape index (κ2) is 9.20. The molecule has 1 aliphatic rings. The second-order valence-electron chi connectivity index (χ2n) is 8.60. The fourth-order valence-electron chi connectivity index (χ4n) is 3.33. The molecule has 2 amide bonds. The molecule has 0 saturated carbocycles. The average Bonchev–Trinajstić information content (AvgIpc) is 2.77. The summed E-state index contributed by atoms with van der Waals surface area (Å²) in [7, 11) is -2.34.